The van der Waals surface area contributed by atoms with Crippen LogP contribution >= 0.6 is 11.3 Å². The highest BCUT2D eigenvalue weighted by Crippen LogP contribution is 2.12. The molecule has 1 atom stereocenters. The number of aryl methyl sites for hydroxylation is 1. The molecule has 1 fully saturated rings. The Labute approximate surface area is 113 Å². The van der Waals surface area contributed by atoms with Gasteiger partial charge in [-0.15, -0.1) is 11.3 Å². The summed E-state index contributed by atoms with van der Waals surface area (Å²) in [6.07, 6.45) is 6.18. The summed E-state index contributed by atoms with van der Waals surface area (Å²) in [5, 5.41) is 8.60. The van der Waals surface area contributed by atoms with Crippen molar-refractivity contribution < 1.29 is 4.79 Å². The summed E-state index contributed by atoms with van der Waals surface area (Å²) in [6.45, 7) is 2.02. The van der Waals surface area contributed by atoms with Crippen molar-refractivity contribution in [3.63, 3.8) is 0 Å². The molecule has 0 spiro atoms. The maximum absolute atomic E-state index is 11.8. The lowest BCUT2D eigenvalue weighted by molar-refractivity contribution is -0.121. The van der Waals surface area contributed by atoms with Crippen molar-refractivity contribution in [1.82, 2.24) is 10.6 Å². The SMILES string of the molecule is O=C(CCCc1cccs1)NC1CCCCNC1. The molecule has 0 bridgehead atoms. The first-order chi connectivity index (χ1) is 8.84. The van der Waals surface area contributed by atoms with E-state index in [1.807, 2.05) is 0 Å². The molecule has 2 rings (SSSR count). The van der Waals surface area contributed by atoms with Gasteiger partial charge in [0.25, 0.3) is 0 Å². The minimum atomic E-state index is 0.209. The molecule has 0 aromatic carbocycles. The molecule has 3 nitrogen and oxygen atoms in total. The molecular formula is C14H22N2OS. The Balaban J connectivity index is 1.62. The van der Waals surface area contributed by atoms with Crippen LogP contribution in [0.3, 0.4) is 0 Å². The van der Waals surface area contributed by atoms with Crippen LogP contribution in [-0.4, -0.2) is 25.0 Å². The first-order valence-electron chi connectivity index (χ1n) is 6.87. The molecule has 0 saturated carbocycles. The number of carbonyl (C=O) groups is 1. The van der Waals surface area contributed by atoms with Gasteiger partial charge >= 0.3 is 0 Å². The number of hydrogen-bond acceptors (Lipinski definition) is 3. The van der Waals surface area contributed by atoms with Gasteiger partial charge in [0.2, 0.25) is 5.91 Å². The second-order valence-electron chi connectivity index (χ2n) is 4.90. The summed E-state index contributed by atoms with van der Waals surface area (Å²) in [7, 11) is 0. The molecular weight excluding hydrogens is 244 g/mol. The molecule has 100 valence electrons. The molecule has 1 aromatic heterocycles. The third-order valence-corrected chi connectivity index (χ3v) is 4.26. The van der Waals surface area contributed by atoms with Gasteiger partial charge in [-0.25, -0.2) is 0 Å². The molecule has 1 aliphatic heterocycles. The van der Waals surface area contributed by atoms with Crippen LogP contribution in [-0.2, 0) is 11.2 Å². The van der Waals surface area contributed by atoms with E-state index in [-0.39, 0.29) is 5.91 Å². The summed E-state index contributed by atoms with van der Waals surface area (Å²) in [4.78, 5) is 13.2. The third kappa shape index (κ3) is 4.78. The predicted molar refractivity (Wildman–Crippen MR) is 75.9 cm³/mol. The van der Waals surface area contributed by atoms with E-state index in [1.54, 1.807) is 11.3 Å². The highest BCUT2D eigenvalue weighted by Gasteiger charge is 2.13. The molecule has 1 aromatic rings. The normalized spacial score (nSPS) is 20.3. The Bertz CT molecular complexity index is 343. The van der Waals surface area contributed by atoms with E-state index >= 15 is 0 Å². The molecule has 18 heavy (non-hydrogen) atoms. The van der Waals surface area contributed by atoms with Crippen molar-refractivity contribution in [1.29, 1.82) is 0 Å². The minimum Gasteiger partial charge on any atom is -0.352 e. The molecule has 0 radical (unpaired) electrons. The highest BCUT2D eigenvalue weighted by atomic mass is 32.1. The fraction of sp³-hybridized carbons (Fsp3) is 0.643. The third-order valence-electron chi connectivity index (χ3n) is 3.32. The Morgan fingerprint density at radius 2 is 2.44 bits per heavy atom. The largest absolute Gasteiger partial charge is 0.352 e. The number of thiophene rings is 1. The van der Waals surface area contributed by atoms with Crippen molar-refractivity contribution in [2.24, 2.45) is 0 Å². The minimum absolute atomic E-state index is 0.209. The number of rotatable bonds is 5. The first kappa shape index (κ1) is 13.6. The lowest BCUT2D eigenvalue weighted by Gasteiger charge is -2.16. The smallest absolute Gasteiger partial charge is 0.220 e. The Morgan fingerprint density at radius 1 is 1.50 bits per heavy atom. The van der Waals surface area contributed by atoms with Gasteiger partial charge < -0.3 is 10.6 Å². The van der Waals surface area contributed by atoms with Gasteiger partial charge in [0, 0.05) is 23.9 Å². The van der Waals surface area contributed by atoms with Crippen molar-refractivity contribution in [2.75, 3.05) is 13.1 Å². The van der Waals surface area contributed by atoms with Gasteiger partial charge in [0.05, 0.1) is 0 Å². The zero-order chi connectivity index (χ0) is 12.6. The van der Waals surface area contributed by atoms with Crippen LogP contribution in [0.5, 0.6) is 0 Å². The zero-order valence-electron chi connectivity index (χ0n) is 10.8. The van der Waals surface area contributed by atoms with Crippen molar-refractivity contribution in [3.05, 3.63) is 22.4 Å². The van der Waals surface area contributed by atoms with Gasteiger partial charge in [-0.2, -0.15) is 0 Å². The number of amides is 1. The molecule has 1 saturated heterocycles. The molecule has 2 N–H and O–H groups in total. The second kappa shape index (κ2) is 7.54. The van der Waals surface area contributed by atoms with Crippen molar-refractivity contribution >= 4 is 17.2 Å². The maximum Gasteiger partial charge on any atom is 0.220 e. The summed E-state index contributed by atoms with van der Waals surface area (Å²) >= 11 is 1.77. The van der Waals surface area contributed by atoms with Gasteiger partial charge in [-0.1, -0.05) is 12.5 Å². The Kier molecular flexibility index (Phi) is 5.68. The lowest BCUT2D eigenvalue weighted by atomic mass is 10.1. The van der Waals surface area contributed by atoms with Crippen LogP contribution in [0.1, 0.15) is 37.0 Å². The summed E-state index contributed by atoms with van der Waals surface area (Å²) in [6, 6.07) is 4.54. The fourth-order valence-electron chi connectivity index (χ4n) is 2.32. The number of nitrogens with one attached hydrogen (secondary N) is 2. The van der Waals surface area contributed by atoms with E-state index in [0.29, 0.717) is 12.5 Å². The van der Waals surface area contributed by atoms with E-state index in [2.05, 4.69) is 28.1 Å². The summed E-state index contributed by atoms with van der Waals surface area (Å²) in [5.74, 6) is 0.209. The first-order valence-corrected chi connectivity index (χ1v) is 7.75. The predicted octanol–water partition coefficient (Wildman–Crippen LogP) is 2.33. The van der Waals surface area contributed by atoms with Crippen molar-refractivity contribution in [3.8, 4) is 0 Å². The quantitative estimate of drug-likeness (QED) is 0.859. The van der Waals surface area contributed by atoms with Crippen LogP contribution in [0.15, 0.2) is 17.5 Å². The van der Waals surface area contributed by atoms with Crippen LogP contribution in [0.2, 0.25) is 0 Å². The van der Waals surface area contributed by atoms with E-state index in [0.717, 1.165) is 32.4 Å². The fourth-order valence-corrected chi connectivity index (χ4v) is 3.07. The van der Waals surface area contributed by atoms with E-state index in [4.69, 9.17) is 0 Å². The Morgan fingerprint density at radius 3 is 3.28 bits per heavy atom. The molecule has 1 amide bonds. The highest BCUT2D eigenvalue weighted by molar-refractivity contribution is 7.09. The standard InChI is InChI=1S/C14H22N2OS/c17-14(8-3-6-13-7-4-10-18-13)16-12-5-1-2-9-15-11-12/h4,7,10,12,15H,1-3,5-6,8-9,11H2,(H,16,17). The van der Waals surface area contributed by atoms with Crippen LogP contribution in [0.4, 0.5) is 0 Å². The van der Waals surface area contributed by atoms with E-state index in [1.165, 1.54) is 17.7 Å². The van der Waals surface area contributed by atoms with Crippen LogP contribution in [0.25, 0.3) is 0 Å². The zero-order valence-corrected chi connectivity index (χ0v) is 11.6. The second-order valence-corrected chi connectivity index (χ2v) is 5.93. The van der Waals surface area contributed by atoms with Gasteiger partial charge in [-0.3, -0.25) is 4.79 Å². The van der Waals surface area contributed by atoms with E-state index < -0.39 is 0 Å². The van der Waals surface area contributed by atoms with Gasteiger partial charge in [0.1, 0.15) is 0 Å². The van der Waals surface area contributed by atoms with Gasteiger partial charge in [-0.05, 0) is 43.7 Å². The molecule has 2 heterocycles. The topological polar surface area (TPSA) is 41.1 Å². The van der Waals surface area contributed by atoms with Crippen molar-refractivity contribution in [2.45, 2.75) is 44.6 Å². The molecule has 1 unspecified atom stereocenters. The number of hydrogen-bond donors (Lipinski definition) is 2. The summed E-state index contributed by atoms with van der Waals surface area (Å²) < 4.78 is 0. The van der Waals surface area contributed by atoms with Crippen LogP contribution in [0, 0.1) is 0 Å². The monoisotopic (exact) mass is 266 g/mol. The molecule has 0 aliphatic carbocycles. The van der Waals surface area contributed by atoms with Gasteiger partial charge in [0.15, 0.2) is 0 Å². The number of carbonyl (C=O) groups excluding carboxylic acids is 1. The van der Waals surface area contributed by atoms with E-state index in [9.17, 15) is 4.79 Å². The van der Waals surface area contributed by atoms with Crippen LogP contribution < -0.4 is 10.6 Å². The lowest BCUT2D eigenvalue weighted by Crippen LogP contribution is -2.40. The summed E-state index contributed by atoms with van der Waals surface area (Å²) in [5.41, 5.74) is 0. The Hall–Kier alpha value is -0.870. The maximum atomic E-state index is 11.8. The average molecular weight is 266 g/mol. The molecule has 1 aliphatic rings. The molecule has 4 heteroatoms. The average Bonchev–Trinajstić information content (AvgIpc) is 2.74.